The van der Waals surface area contributed by atoms with Gasteiger partial charge in [-0.2, -0.15) is 0 Å². The van der Waals surface area contributed by atoms with Crippen LogP contribution in [0.4, 0.5) is 10.2 Å². The van der Waals surface area contributed by atoms with E-state index in [0.717, 1.165) is 22.2 Å². The van der Waals surface area contributed by atoms with Crippen molar-refractivity contribution in [2.75, 3.05) is 31.2 Å². The number of benzene rings is 1. The average molecular weight is 297 g/mol. The number of morpholine rings is 1. The Labute approximate surface area is 127 Å². The average Bonchev–Trinajstić information content (AvgIpc) is 2.99. The highest BCUT2D eigenvalue weighted by Gasteiger charge is 2.17. The first kappa shape index (κ1) is 13.3. The molecular formula is C17H16FN3O. The molecule has 0 amide bonds. The first-order chi connectivity index (χ1) is 10.8. The van der Waals surface area contributed by atoms with Gasteiger partial charge in [-0.15, -0.1) is 0 Å². The van der Waals surface area contributed by atoms with Gasteiger partial charge in [-0.25, -0.2) is 9.37 Å². The molecule has 1 aromatic carbocycles. The molecule has 0 spiro atoms. The van der Waals surface area contributed by atoms with Crippen molar-refractivity contribution in [2.45, 2.75) is 0 Å². The van der Waals surface area contributed by atoms with Crippen LogP contribution < -0.4 is 4.90 Å². The molecule has 3 aromatic rings. The largest absolute Gasteiger partial charge is 0.378 e. The van der Waals surface area contributed by atoms with Gasteiger partial charge in [0.15, 0.2) is 11.6 Å². The molecular weight excluding hydrogens is 281 g/mol. The van der Waals surface area contributed by atoms with E-state index in [-0.39, 0.29) is 5.82 Å². The third-order valence-corrected chi connectivity index (χ3v) is 3.97. The van der Waals surface area contributed by atoms with Crippen molar-refractivity contribution < 1.29 is 9.13 Å². The van der Waals surface area contributed by atoms with Gasteiger partial charge >= 0.3 is 0 Å². The minimum atomic E-state index is -0.293. The quantitative estimate of drug-likeness (QED) is 0.789. The highest BCUT2D eigenvalue weighted by atomic mass is 19.1. The Hall–Kier alpha value is -2.40. The van der Waals surface area contributed by atoms with Crippen molar-refractivity contribution in [3.63, 3.8) is 0 Å². The number of pyridine rings is 1. The Bertz CT molecular complexity index is 776. The molecule has 22 heavy (non-hydrogen) atoms. The molecule has 3 heterocycles. The number of H-pyrrole nitrogens is 1. The van der Waals surface area contributed by atoms with Crippen LogP contribution >= 0.6 is 0 Å². The molecule has 1 fully saturated rings. The number of hydrogen-bond acceptors (Lipinski definition) is 3. The summed E-state index contributed by atoms with van der Waals surface area (Å²) < 4.78 is 19.7. The van der Waals surface area contributed by atoms with Crippen molar-refractivity contribution in [3.8, 4) is 11.3 Å². The maximum Gasteiger partial charge on any atom is 0.166 e. The van der Waals surface area contributed by atoms with Crippen molar-refractivity contribution >= 4 is 16.7 Å². The van der Waals surface area contributed by atoms with E-state index in [2.05, 4.69) is 9.97 Å². The Kier molecular flexibility index (Phi) is 3.27. The number of hydrogen-bond donors (Lipinski definition) is 1. The van der Waals surface area contributed by atoms with Gasteiger partial charge in [0.05, 0.1) is 13.2 Å². The van der Waals surface area contributed by atoms with Gasteiger partial charge in [-0.3, -0.25) is 0 Å². The Balaban J connectivity index is 1.69. The lowest BCUT2D eigenvalue weighted by molar-refractivity contribution is 0.122. The van der Waals surface area contributed by atoms with Crippen LogP contribution in [0, 0.1) is 5.82 Å². The van der Waals surface area contributed by atoms with Crippen LogP contribution in [-0.4, -0.2) is 36.3 Å². The summed E-state index contributed by atoms with van der Waals surface area (Å²) in [6, 6.07) is 11.6. The predicted molar refractivity (Wildman–Crippen MR) is 84.5 cm³/mol. The number of rotatable bonds is 2. The minimum Gasteiger partial charge on any atom is -0.378 e. The summed E-state index contributed by atoms with van der Waals surface area (Å²) >= 11 is 0. The van der Waals surface area contributed by atoms with Crippen LogP contribution in [0.25, 0.3) is 22.2 Å². The molecule has 4 nitrogen and oxygen atoms in total. The first-order valence-corrected chi connectivity index (χ1v) is 7.37. The number of nitrogens with one attached hydrogen (secondary N) is 1. The van der Waals surface area contributed by atoms with Crippen LogP contribution in [0.5, 0.6) is 0 Å². The second-order valence-electron chi connectivity index (χ2n) is 5.40. The van der Waals surface area contributed by atoms with Crippen LogP contribution in [-0.2, 0) is 4.74 Å². The molecule has 4 rings (SSSR count). The van der Waals surface area contributed by atoms with E-state index in [1.54, 1.807) is 12.3 Å². The second kappa shape index (κ2) is 5.42. The smallest absolute Gasteiger partial charge is 0.166 e. The number of fused-ring (bicyclic) bond motifs is 1. The predicted octanol–water partition coefficient (Wildman–Crippen LogP) is 3.21. The van der Waals surface area contributed by atoms with E-state index in [1.807, 2.05) is 35.2 Å². The zero-order valence-corrected chi connectivity index (χ0v) is 12.1. The fourth-order valence-corrected chi connectivity index (χ4v) is 2.81. The van der Waals surface area contributed by atoms with Crippen molar-refractivity contribution in [3.05, 3.63) is 48.4 Å². The van der Waals surface area contributed by atoms with E-state index >= 15 is 0 Å². The number of anilines is 1. The number of para-hydroxylation sites is 1. The summed E-state index contributed by atoms with van der Waals surface area (Å²) in [5, 5.41) is 1.11. The van der Waals surface area contributed by atoms with E-state index in [1.165, 1.54) is 0 Å². The van der Waals surface area contributed by atoms with Gasteiger partial charge < -0.3 is 14.6 Å². The summed E-state index contributed by atoms with van der Waals surface area (Å²) in [6.07, 6.45) is 1.72. The molecule has 0 aliphatic carbocycles. The maximum atomic E-state index is 14.4. The van der Waals surface area contributed by atoms with Gasteiger partial charge in [0.25, 0.3) is 0 Å². The molecule has 0 saturated carbocycles. The normalized spacial score (nSPS) is 15.4. The zero-order chi connectivity index (χ0) is 14.9. The topological polar surface area (TPSA) is 41.2 Å². The van der Waals surface area contributed by atoms with Gasteiger partial charge in [0.2, 0.25) is 0 Å². The van der Waals surface area contributed by atoms with Crippen LogP contribution in [0.1, 0.15) is 0 Å². The van der Waals surface area contributed by atoms with E-state index in [9.17, 15) is 4.39 Å². The first-order valence-electron chi connectivity index (χ1n) is 7.37. The zero-order valence-electron chi connectivity index (χ0n) is 12.1. The fraction of sp³-hybridized carbons (Fsp3) is 0.235. The Morgan fingerprint density at radius 1 is 1.14 bits per heavy atom. The number of aromatic nitrogens is 2. The second-order valence-corrected chi connectivity index (χ2v) is 5.40. The number of aromatic amines is 1. The summed E-state index contributed by atoms with van der Waals surface area (Å²) in [5.74, 6) is 0.112. The lowest BCUT2D eigenvalue weighted by Crippen LogP contribution is -2.37. The van der Waals surface area contributed by atoms with E-state index in [0.29, 0.717) is 32.1 Å². The highest BCUT2D eigenvalue weighted by Crippen LogP contribution is 2.27. The third-order valence-electron chi connectivity index (χ3n) is 3.97. The highest BCUT2D eigenvalue weighted by molar-refractivity contribution is 5.85. The van der Waals surface area contributed by atoms with Gasteiger partial charge in [0, 0.05) is 41.4 Å². The lowest BCUT2D eigenvalue weighted by Gasteiger charge is -2.28. The van der Waals surface area contributed by atoms with Gasteiger partial charge in [0.1, 0.15) is 0 Å². The molecule has 1 aliphatic heterocycles. The molecule has 0 radical (unpaired) electrons. The molecule has 0 bridgehead atoms. The molecule has 1 saturated heterocycles. The molecule has 2 aromatic heterocycles. The van der Waals surface area contributed by atoms with Crippen molar-refractivity contribution in [1.29, 1.82) is 0 Å². The molecule has 112 valence electrons. The fourth-order valence-electron chi connectivity index (χ4n) is 2.81. The molecule has 1 aliphatic rings. The van der Waals surface area contributed by atoms with Gasteiger partial charge in [-0.1, -0.05) is 18.2 Å². The minimum absolute atomic E-state index is 0.293. The van der Waals surface area contributed by atoms with E-state index in [4.69, 9.17) is 4.74 Å². The molecule has 0 unspecified atom stereocenters. The Morgan fingerprint density at radius 2 is 1.95 bits per heavy atom. The third kappa shape index (κ3) is 2.33. The monoisotopic (exact) mass is 297 g/mol. The number of ether oxygens (including phenoxy) is 1. The summed E-state index contributed by atoms with van der Waals surface area (Å²) in [6.45, 7) is 2.58. The van der Waals surface area contributed by atoms with Crippen LogP contribution in [0.2, 0.25) is 0 Å². The maximum absolute atomic E-state index is 14.4. The Morgan fingerprint density at radius 3 is 2.73 bits per heavy atom. The molecule has 0 atom stereocenters. The van der Waals surface area contributed by atoms with Gasteiger partial charge in [-0.05, 0) is 18.2 Å². The van der Waals surface area contributed by atoms with Crippen LogP contribution in [0.15, 0.2) is 42.6 Å². The summed E-state index contributed by atoms with van der Waals surface area (Å²) in [5.41, 5.74) is 2.67. The van der Waals surface area contributed by atoms with Crippen LogP contribution in [0.3, 0.4) is 0 Å². The van der Waals surface area contributed by atoms with E-state index < -0.39 is 0 Å². The standard InChI is InChI=1S/C17H16FN3O/c18-14-9-13(11-19-17(14)21-5-7-22-8-6-21)16-10-12-3-1-2-4-15(12)20-16/h1-4,9-11,20H,5-8H2. The van der Waals surface area contributed by atoms with Crippen molar-refractivity contribution in [2.24, 2.45) is 0 Å². The summed E-state index contributed by atoms with van der Waals surface area (Å²) in [4.78, 5) is 9.55. The lowest BCUT2D eigenvalue weighted by atomic mass is 10.2. The number of halogens is 1. The molecule has 5 heteroatoms. The SMILES string of the molecule is Fc1cc(-c2cc3ccccc3[nH]2)cnc1N1CCOCC1. The van der Waals surface area contributed by atoms with Crippen molar-refractivity contribution in [1.82, 2.24) is 9.97 Å². The number of nitrogens with zero attached hydrogens (tertiary/aromatic N) is 2. The molecule has 1 N–H and O–H groups in total. The summed E-state index contributed by atoms with van der Waals surface area (Å²) in [7, 11) is 0.